The van der Waals surface area contributed by atoms with Crippen LogP contribution in [0.25, 0.3) is 0 Å². The molecule has 0 saturated carbocycles. The van der Waals surface area contributed by atoms with Crippen LogP contribution < -0.4 is 9.47 Å². The first-order chi connectivity index (χ1) is 11.3. The van der Waals surface area contributed by atoms with Crippen LogP contribution in [0.2, 0.25) is 0 Å². The predicted octanol–water partition coefficient (Wildman–Crippen LogP) is 3.73. The molecule has 0 N–H and O–H groups in total. The number of rotatable bonds is 5. The Kier molecular flexibility index (Phi) is 5.70. The molecule has 23 heavy (non-hydrogen) atoms. The SMILES string of the molecule is CC[C@@H]1CCCCN1C(=O)CCSc1ccc2c(c1)OCCO2. The minimum atomic E-state index is 0.307. The monoisotopic (exact) mass is 335 g/mol. The molecule has 0 radical (unpaired) electrons. The van der Waals surface area contributed by atoms with Gasteiger partial charge in [0.25, 0.3) is 0 Å². The van der Waals surface area contributed by atoms with Crippen LogP contribution >= 0.6 is 11.8 Å². The standard InChI is InChI=1S/C18H25NO3S/c1-2-14-5-3-4-9-19(14)18(20)8-12-23-15-6-7-16-17(13-15)22-11-10-21-16/h6-7,13-14H,2-5,8-12H2,1H3/t14-/m1/s1. The maximum atomic E-state index is 12.5. The van der Waals surface area contributed by atoms with Crippen LogP contribution in [0.3, 0.4) is 0 Å². The quantitative estimate of drug-likeness (QED) is 0.769. The van der Waals surface area contributed by atoms with E-state index >= 15 is 0 Å². The number of ether oxygens (including phenoxy) is 2. The molecule has 0 aliphatic carbocycles. The van der Waals surface area contributed by atoms with Crippen molar-refractivity contribution in [2.24, 2.45) is 0 Å². The molecule has 1 aromatic rings. The molecular weight excluding hydrogens is 310 g/mol. The summed E-state index contributed by atoms with van der Waals surface area (Å²) in [7, 11) is 0. The van der Waals surface area contributed by atoms with E-state index in [-0.39, 0.29) is 0 Å². The summed E-state index contributed by atoms with van der Waals surface area (Å²) in [4.78, 5) is 15.7. The lowest BCUT2D eigenvalue weighted by atomic mass is 10.00. The summed E-state index contributed by atoms with van der Waals surface area (Å²) in [6, 6.07) is 6.46. The van der Waals surface area contributed by atoms with Crippen LogP contribution in [0.5, 0.6) is 11.5 Å². The lowest BCUT2D eigenvalue weighted by molar-refractivity contribution is -0.134. The third kappa shape index (κ3) is 4.14. The molecular formula is C18H25NO3S. The number of benzene rings is 1. The van der Waals surface area contributed by atoms with E-state index in [0.29, 0.717) is 31.6 Å². The lowest BCUT2D eigenvalue weighted by Crippen LogP contribution is -2.43. The van der Waals surface area contributed by atoms with Crippen LogP contribution in [0, 0.1) is 0 Å². The highest BCUT2D eigenvalue weighted by Gasteiger charge is 2.24. The Labute approximate surface area is 142 Å². The Hall–Kier alpha value is -1.36. The summed E-state index contributed by atoms with van der Waals surface area (Å²) in [6.45, 7) is 4.33. The molecule has 3 rings (SSSR count). The zero-order valence-corrected chi connectivity index (χ0v) is 14.6. The molecule has 1 saturated heterocycles. The van der Waals surface area contributed by atoms with Crippen molar-refractivity contribution < 1.29 is 14.3 Å². The van der Waals surface area contributed by atoms with Crippen molar-refractivity contribution in [1.29, 1.82) is 0 Å². The number of hydrogen-bond acceptors (Lipinski definition) is 4. The molecule has 0 aromatic heterocycles. The summed E-state index contributed by atoms with van der Waals surface area (Å²) >= 11 is 1.71. The Morgan fingerprint density at radius 3 is 2.91 bits per heavy atom. The molecule has 1 atom stereocenters. The minimum Gasteiger partial charge on any atom is -0.486 e. The first-order valence-electron chi connectivity index (χ1n) is 8.60. The van der Waals surface area contributed by atoms with E-state index in [1.807, 2.05) is 18.2 Å². The summed E-state index contributed by atoms with van der Waals surface area (Å²) in [5, 5.41) is 0. The van der Waals surface area contributed by atoms with Crippen LogP contribution in [0.15, 0.2) is 23.1 Å². The fourth-order valence-electron chi connectivity index (χ4n) is 3.27. The molecule has 126 valence electrons. The van der Waals surface area contributed by atoms with Gasteiger partial charge in [-0.25, -0.2) is 0 Å². The van der Waals surface area contributed by atoms with E-state index in [2.05, 4.69) is 11.8 Å². The van der Waals surface area contributed by atoms with E-state index < -0.39 is 0 Å². The molecule has 1 amide bonds. The first-order valence-corrected chi connectivity index (χ1v) is 9.58. The molecule has 2 heterocycles. The van der Waals surface area contributed by atoms with Gasteiger partial charge in [0.2, 0.25) is 5.91 Å². The fourth-order valence-corrected chi connectivity index (χ4v) is 4.13. The van der Waals surface area contributed by atoms with Gasteiger partial charge in [-0.2, -0.15) is 0 Å². The Morgan fingerprint density at radius 2 is 2.09 bits per heavy atom. The number of piperidine rings is 1. The van der Waals surface area contributed by atoms with Crippen molar-refractivity contribution in [2.75, 3.05) is 25.5 Å². The molecule has 2 aliphatic heterocycles. The molecule has 1 fully saturated rings. The average molecular weight is 335 g/mol. The number of likely N-dealkylation sites (tertiary alicyclic amines) is 1. The number of carbonyl (C=O) groups is 1. The van der Waals surface area contributed by atoms with E-state index in [9.17, 15) is 4.79 Å². The highest BCUT2D eigenvalue weighted by atomic mass is 32.2. The lowest BCUT2D eigenvalue weighted by Gasteiger charge is -2.35. The summed E-state index contributed by atoms with van der Waals surface area (Å²) in [6.07, 6.45) is 5.25. The molecule has 0 bridgehead atoms. The highest BCUT2D eigenvalue weighted by molar-refractivity contribution is 7.99. The van der Waals surface area contributed by atoms with Crippen molar-refractivity contribution in [2.45, 2.75) is 50.0 Å². The van der Waals surface area contributed by atoms with E-state index in [1.165, 1.54) is 6.42 Å². The minimum absolute atomic E-state index is 0.307. The average Bonchev–Trinajstić information content (AvgIpc) is 2.61. The molecule has 1 aromatic carbocycles. The van der Waals surface area contributed by atoms with Gasteiger partial charge in [0.15, 0.2) is 11.5 Å². The van der Waals surface area contributed by atoms with Gasteiger partial charge in [-0.3, -0.25) is 4.79 Å². The molecule has 0 spiro atoms. The number of amides is 1. The maximum absolute atomic E-state index is 12.5. The van der Waals surface area contributed by atoms with Crippen LogP contribution in [0.4, 0.5) is 0 Å². The van der Waals surface area contributed by atoms with Crippen LogP contribution in [0.1, 0.15) is 39.0 Å². The third-order valence-electron chi connectivity index (χ3n) is 4.52. The predicted molar refractivity (Wildman–Crippen MR) is 92.4 cm³/mol. The van der Waals surface area contributed by atoms with Crippen LogP contribution in [-0.4, -0.2) is 42.4 Å². The zero-order valence-electron chi connectivity index (χ0n) is 13.8. The zero-order chi connectivity index (χ0) is 16.1. The second-order valence-electron chi connectivity index (χ2n) is 6.05. The second kappa shape index (κ2) is 7.95. The summed E-state index contributed by atoms with van der Waals surface area (Å²) in [5.74, 6) is 2.75. The van der Waals surface area contributed by atoms with Crippen molar-refractivity contribution in [3.8, 4) is 11.5 Å². The van der Waals surface area contributed by atoms with E-state index in [4.69, 9.17) is 9.47 Å². The molecule has 5 heteroatoms. The maximum Gasteiger partial charge on any atom is 0.223 e. The molecule has 2 aliphatic rings. The van der Waals surface area contributed by atoms with Gasteiger partial charge in [-0.1, -0.05) is 6.92 Å². The fraction of sp³-hybridized carbons (Fsp3) is 0.611. The van der Waals surface area contributed by atoms with Crippen molar-refractivity contribution in [3.63, 3.8) is 0 Å². The van der Waals surface area contributed by atoms with Crippen LogP contribution in [-0.2, 0) is 4.79 Å². The Balaban J connectivity index is 1.50. The Bertz CT molecular complexity index is 549. The Morgan fingerprint density at radius 1 is 1.26 bits per heavy atom. The van der Waals surface area contributed by atoms with Crippen molar-refractivity contribution in [3.05, 3.63) is 18.2 Å². The number of fused-ring (bicyclic) bond motifs is 1. The smallest absolute Gasteiger partial charge is 0.223 e. The van der Waals surface area contributed by atoms with Gasteiger partial charge in [-0.05, 0) is 43.9 Å². The van der Waals surface area contributed by atoms with Gasteiger partial charge in [-0.15, -0.1) is 11.8 Å². The summed E-state index contributed by atoms with van der Waals surface area (Å²) in [5.41, 5.74) is 0. The topological polar surface area (TPSA) is 38.8 Å². The first kappa shape index (κ1) is 16.5. The van der Waals surface area contributed by atoms with Gasteiger partial charge in [0, 0.05) is 29.7 Å². The summed E-state index contributed by atoms with van der Waals surface area (Å²) < 4.78 is 11.1. The second-order valence-corrected chi connectivity index (χ2v) is 7.22. The van der Waals surface area contributed by atoms with Crippen molar-refractivity contribution in [1.82, 2.24) is 4.90 Å². The largest absolute Gasteiger partial charge is 0.486 e. The van der Waals surface area contributed by atoms with Gasteiger partial charge < -0.3 is 14.4 Å². The van der Waals surface area contributed by atoms with Gasteiger partial charge >= 0.3 is 0 Å². The number of hydrogen-bond donors (Lipinski definition) is 0. The third-order valence-corrected chi connectivity index (χ3v) is 5.51. The van der Waals surface area contributed by atoms with Gasteiger partial charge in [0.05, 0.1) is 0 Å². The van der Waals surface area contributed by atoms with E-state index in [0.717, 1.165) is 48.0 Å². The molecule has 4 nitrogen and oxygen atoms in total. The number of carbonyl (C=O) groups excluding carboxylic acids is 1. The number of nitrogens with zero attached hydrogens (tertiary/aromatic N) is 1. The number of thioether (sulfide) groups is 1. The van der Waals surface area contributed by atoms with E-state index in [1.54, 1.807) is 11.8 Å². The molecule has 0 unspecified atom stereocenters. The highest BCUT2D eigenvalue weighted by Crippen LogP contribution is 2.34. The van der Waals surface area contributed by atoms with Gasteiger partial charge in [0.1, 0.15) is 13.2 Å². The normalized spacial score (nSPS) is 20.4. The van der Waals surface area contributed by atoms with Crippen molar-refractivity contribution >= 4 is 17.7 Å².